The SMILES string of the molecule is CC1(C)COC(c2ccc(COC=O)cc2)=N1. The van der Waals surface area contributed by atoms with Gasteiger partial charge >= 0.3 is 0 Å². The fourth-order valence-corrected chi connectivity index (χ4v) is 1.61. The van der Waals surface area contributed by atoms with Gasteiger partial charge in [0.2, 0.25) is 5.90 Å². The first-order valence-corrected chi connectivity index (χ1v) is 5.48. The molecule has 1 aliphatic rings. The number of carbonyl (C=O) groups is 1. The van der Waals surface area contributed by atoms with Crippen LogP contribution in [0.4, 0.5) is 0 Å². The molecule has 0 saturated carbocycles. The summed E-state index contributed by atoms with van der Waals surface area (Å²) < 4.78 is 10.2. The zero-order valence-electron chi connectivity index (χ0n) is 9.97. The molecule has 0 fully saturated rings. The van der Waals surface area contributed by atoms with Crippen molar-refractivity contribution in [2.45, 2.75) is 26.0 Å². The maximum Gasteiger partial charge on any atom is 0.293 e. The number of nitrogens with zero attached hydrogens (tertiary/aromatic N) is 1. The van der Waals surface area contributed by atoms with Crippen LogP contribution in [0.25, 0.3) is 0 Å². The monoisotopic (exact) mass is 233 g/mol. The highest BCUT2D eigenvalue weighted by Crippen LogP contribution is 2.20. The van der Waals surface area contributed by atoms with Gasteiger partial charge in [-0.2, -0.15) is 0 Å². The number of rotatable bonds is 4. The van der Waals surface area contributed by atoms with Gasteiger partial charge in [0.25, 0.3) is 6.47 Å². The molecular formula is C13H15NO3. The van der Waals surface area contributed by atoms with Crippen molar-refractivity contribution in [3.05, 3.63) is 35.4 Å². The molecule has 0 bridgehead atoms. The second kappa shape index (κ2) is 4.57. The Hall–Kier alpha value is -1.84. The molecule has 0 amide bonds. The molecule has 1 aromatic rings. The predicted molar refractivity (Wildman–Crippen MR) is 63.9 cm³/mol. The second-order valence-electron chi connectivity index (χ2n) is 4.62. The number of hydrogen-bond donors (Lipinski definition) is 0. The van der Waals surface area contributed by atoms with E-state index in [1.54, 1.807) is 0 Å². The van der Waals surface area contributed by atoms with E-state index in [2.05, 4.69) is 9.73 Å². The van der Waals surface area contributed by atoms with E-state index in [4.69, 9.17) is 4.74 Å². The minimum atomic E-state index is -0.144. The summed E-state index contributed by atoms with van der Waals surface area (Å²) in [5.74, 6) is 0.679. The van der Waals surface area contributed by atoms with Crippen LogP contribution in [0.2, 0.25) is 0 Å². The highest BCUT2D eigenvalue weighted by Gasteiger charge is 2.26. The van der Waals surface area contributed by atoms with E-state index < -0.39 is 0 Å². The third-order valence-electron chi connectivity index (χ3n) is 2.49. The number of ether oxygens (including phenoxy) is 2. The topological polar surface area (TPSA) is 47.9 Å². The number of hydrogen-bond acceptors (Lipinski definition) is 4. The molecule has 17 heavy (non-hydrogen) atoms. The van der Waals surface area contributed by atoms with Crippen LogP contribution in [0.3, 0.4) is 0 Å². The van der Waals surface area contributed by atoms with E-state index in [-0.39, 0.29) is 5.54 Å². The smallest absolute Gasteiger partial charge is 0.293 e. The quantitative estimate of drug-likeness (QED) is 0.746. The van der Waals surface area contributed by atoms with Gasteiger partial charge in [-0.25, -0.2) is 4.99 Å². The maximum atomic E-state index is 10.1. The Labute approximate surface area is 100 Å². The summed E-state index contributed by atoms with van der Waals surface area (Å²) in [5.41, 5.74) is 1.75. The third kappa shape index (κ3) is 2.84. The van der Waals surface area contributed by atoms with Gasteiger partial charge in [0.1, 0.15) is 13.2 Å². The van der Waals surface area contributed by atoms with Crippen molar-refractivity contribution in [2.24, 2.45) is 4.99 Å². The van der Waals surface area contributed by atoms with Gasteiger partial charge in [0, 0.05) is 5.56 Å². The van der Waals surface area contributed by atoms with Crippen LogP contribution < -0.4 is 0 Å². The molecule has 4 nitrogen and oxygen atoms in total. The lowest BCUT2D eigenvalue weighted by Gasteiger charge is -2.07. The van der Waals surface area contributed by atoms with E-state index in [1.165, 1.54) is 0 Å². The zero-order valence-corrected chi connectivity index (χ0v) is 9.97. The summed E-state index contributed by atoms with van der Waals surface area (Å²) in [6.07, 6.45) is 0. The number of aliphatic imine (C=N–C) groups is 1. The Morgan fingerprint density at radius 3 is 2.65 bits per heavy atom. The summed E-state index contributed by atoms with van der Waals surface area (Å²) in [6.45, 7) is 5.42. The van der Waals surface area contributed by atoms with Crippen LogP contribution in [0, 0.1) is 0 Å². The van der Waals surface area contributed by atoms with E-state index in [1.807, 2.05) is 38.1 Å². The van der Waals surface area contributed by atoms with Crippen LogP contribution in [-0.2, 0) is 20.9 Å². The Morgan fingerprint density at radius 2 is 2.12 bits per heavy atom. The molecule has 0 saturated heterocycles. The highest BCUT2D eigenvalue weighted by atomic mass is 16.5. The molecule has 1 aliphatic heterocycles. The molecule has 90 valence electrons. The van der Waals surface area contributed by atoms with Crippen LogP contribution in [0.1, 0.15) is 25.0 Å². The molecule has 0 radical (unpaired) electrons. The van der Waals surface area contributed by atoms with Crippen LogP contribution in [-0.4, -0.2) is 24.5 Å². The summed E-state index contributed by atoms with van der Waals surface area (Å²) >= 11 is 0. The van der Waals surface area contributed by atoms with Gasteiger partial charge in [-0.15, -0.1) is 0 Å². The lowest BCUT2D eigenvalue weighted by atomic mass is 10.1. The molecule has 2 rings (SSSR count). The molecular weight excluding hydrogens is 218 g/mol. The zero-order chi connectivity index (χ0) is 12.3. The first-order valence-electron chi connectivity index (χ1n) is 5.48. The molecule has 0 atom stereocenters. The van der Waals surface area contributed by atoms with E-state index in [0.717, 1.165) is 11.1 Å². The third-order valence-corrected chi connectivity index (χ3v) is 2.49. The van der Waals surface area contributed by atoms with Crippen molar-refractivity contribution in [1.82, 2.24) is 0 Å². The Bertz CT molecular complexity index is 434. The predicted octanol–water partition coefficient (Wildman–Crippen LogP) is 1.92. The van der Waals surface area contributed by atoms with Crippen LogP contribution >= 0.6 is 0 Å². The van der Waals surface area contributed by atoms with Crippen LogP contribution in [0.15, 0.2) is 29.3 Å². The average Bonchev–Trinajstić information content (AvgIpc) is 2.68. The minimum absolute atomic E-state index is 0.144. The highest BCUT2D eigenvalue weighted by molar-refractivity contribution is 5.95. The summed E-state index contributed by atoms with van der Waals surface area (Å²) in [5, 5.41) is 0. The minimum Gasteiger partial charge on any atom is -0.475 e. The van der Waals surface area contributed by atoms with Crippen molar-refractivity contribution in [3.8, 4) is 0 Å². The van der Waals surface area contributed by atoms with Gasteiger partial charge in [0.15, 0.2) is 0 Å². The first kappa shape index (κ1) is 11.6. The van der Waals surface area contributed by atoms with Gasteiger partial charge in [0.05, 0.1) is 5.54 Å². The molecule has 0 aromatic heterocycles. The Balaban J connectivity index is 2.11. The van der Waals surface area contributed by atoms with Crippen LogP contribution in [0.5, 0.6) is 0 Å². The van der Waals surface area contributed by atoms with Gasteiger partial charge in [-0.05, 0) is 31.5 Å². The lowest BCUT2D eigenvalue weighted by Crippen LogP contribution is -2.17. The maximum absolute atomic E-state index is 10.1. The standard InChI is InChI=1S/C13H15NO3/c1-13(2)8-17-12(14-13)11-5-3-10(4-6-11)7-16-9-15/h3-6,9H,7-8H2,1-2H3. The summed E-state index contributed by atoms with van der Waals surface area (Å²) in [4.78, 5) is 14.6. The molecule has 0 spiro atoms. The van der Waals surface area contributed by atoms with E-state index in [9.17, 15) is 4.79 Å². The molecule has 0 aliphatic carbocycles. The molecule has 0 unspecified atom stereocenters. The lowest BCUT2D eigenvalue weighted by molar-refractivity contribution is -0.129. The molecule has 1 heterocycles. The fraction of sp³-hybridized carbons (Fsp3) is 0.385. The van der Waals surface area contributed by atoms with Gasteiger partial charge in [-0.3, -0.25) is 4.79 Å². The first-order chi connectivity index (χ1) is 8.11. The molecule has 0 N–H and O–H groups in total. The van der Waals surface area contributed by atoms with Gasteiger partial charge < -0.3 is 9.47 Å². The van der Waals surface area contributed by atoms with Gasteiger partial charge in [-0.1, -0.05) is 12.1 Å². The Kier molecular flexibility index (Phi) is 3.13. The number of carbonyl (C=O) groups excluding carboxylic acids is 1. The molecule has 4 heteroatoms. The molecule has 1 aromatic carbocycles. The van der Waals surface area contributed by atoms with Crippen molar-refractivity contribution in [2.75, 3.05) is 6.61 Å². The van der Waals surface area contributed by atoms with E-state index in [0.29, 0.717) is 25.6 Å². The summed E-state index contributed by atoms with van der Waals surface area (Å²) in [6, 6.07) is 7.64. The van der Waals surface area contributed by atoms with Crippen molar-refractivity contribution in [1.29, 1.82) is 0 Å². The number of benzene rings is 1. The summed E-state index contributed by atoms with van der Waals surface area (Å²) in [7, 11) is 0. The van der Waals surface area contributed by atoms with Crippen molar-refractivity contribution < 1.29 is 14.3 Å². The second-order valence-corrected chi connectivity index (χ2v) is 4.62. The largest absolute Gasteiger partial charge is 0.475 e. The van der Waals surface area contributed by atoms with E-state index >= 15 is 0 Å². The fourth-order valence-electron chi connectivity index (χ4n) is 1.61. The van der Waals surface area contributed by atoms with Crippen molar-refractivity contribution >= 4 is 12.4 Å². The van der Waals surface area contributed by atoms with Crippen molar-refractivity contribution in [3.63, 3.8) is 0 Å². The normalized spacial score (nSPS) is 17.2. The average molecular weight is 233 g/mol. The Morgan fingerprint density at radius 1 is 1.41 bits per heavy atom.